The second-order valence-electron chi connectivity index (χ2n) is 22.3. The first kappa shape index (κ1) is 76.8. The van der Waals surface area contributed by atoms with Crippen molar-refractivity contribution in [2.45, 2.75) is 322 Å². The van der Waals surface area contributed by atoms with Crippen LogP contribution in [0.25, 0.3) is 0 Å². The molecule has 0 bridgehead atoms. The van der Waals surface area contributed by atoms with Crippen molar-refractivity contribution in [2.75, 3.05) is 13.2 Å². The maximum atomic E-state index is 12.9. The van der Waals surface area contributed by atoms with E-state index in [1.807, 2.05) is 6.08 Å². The standard InChI is InChI=1S/C75H126O6/c1-4-7-10-13-16-19-22-25-27-29-31-33-35-36-37-38-40-41-43-45-47-50-53-56-59-62-65-68-74(77)80-71-72(70-79-73(76)67-64-61-58-55-52-49-24-21-18-15-12-9-6-3)81-75(78)69-66-63-60-57-54-51-48-46-44-42-39-34-32-30-28-26-23-20-17-14-11-8-5-2/h8-9,11-12,17-18,20-21,26,28,32,34,42,44,48-49,51-52,58,61,72H,4-7,10,13-16,19,22-25,27,29-31,33,35-41,43,45-47,50,53-57,59-60,62-71H2,1-3H3/b11-8-,12-9-,20-17-,21-18-,28-26-,34-32-,44-42-,51-48-,52-49-,61-58-. The molecule has 1 atom stereocenters. The van der Waals surface area contributed by atoms with Crippen molar-refractivity contribution in [1.29, 1.82) is 0 Å². The van der Waals surface area contributed by atoms with Crippen LogP contribution in [-0.4, -0.2) is 37.2 Å². The van der Waals surface area contributed by atoms with Crippen LogP contribution in [0, 0.1) is 0 Å². The average molecular weight is 1120 g/mol. The van der Waals surface area contributed by atoms with Gasteiger partial charge in [-0.3, -0.25) is 14.4 Å². The van der Waals surface area contributed by atoms with Gasteiger partial charge in [0.1, 0.15) is 13.2 Å². The van der Waals surface area contributed by atoms with Crippen LogP contribution in [0.2, 0.25) is 0 Å². The third kappa shape index (κ3) is 66.5. The van der Waals surface area contributed by atoms with Crippen molar-refractivity contribution >= 4 is 17.9 Å². The summed E-state index contributed by atoms with van der Waals surface area (Å²) < 4.78 is 16.8. The lowest BCUT2D eigenvalue weighted by molar-refractivity contribution is -0.166. The number of rotatable bonds is 61. The SMILES string of the molecule is CC/C=C\C/C=C\C/C=C\C/C=C\C/C=C\C/C=C\CCCCCCC(=O)OC(COC(=O)CC/C=C\C/C=C\C/C=C\C/C=C\CC)COC(=O)CCCCCCCCCCCCCCCCCCCCCCCCCCCCC. The Kier molecular flexibility index (Phi) is 64.8. The summed E-state index contributed by atoms with van der Waals surface area (Å²) in [6.45, 7) is 6.36. The summed E-state index contributed by atoms with van der Waals surface area (Å²) in [4.78, 5) is 38.3. The van der Waals surface area contributed by atoms with Crippen molar-refractivity contribution in [3.63, 3.8) is 0 Å². The second kappa shape index (κ2) is 68.3. The third-order valence-electron chi connectivity index (χ3n) is 14.5. The summed E-state index contributed by atoms with van der Waals surface area (Å²) in [7, 11) is 0. The molecule has 0 aromatic rings. The van der Waals surface area contributed by atoms with Gasteiger partial charge in [-0.25, -0.2) is 0 Å². The zero-order valence-corrected chi connectivity index (χ0v) is 53.0. The van der Waals surface area contributed by atoms with Gasteiger partial charge in [0, 0.05) is 19.3 Å². The van der Waals surface area contributed by atoms with Crippen LogP contribution in [0.15, 0.2) is 122 Å². The van der Waals surface area contributed by atoms with Crippen LogP contribution < -0.4 is 0 Å². The number of hydrogen-bond acceptors (Lipinski definition) is 6. The van der Waals surface area contributed by atoms with E-state index in [9.17, 15) is 14.4 Å². The zero-order chi connectivity index (χ0) is 58.5. The molecule has 0 amide bonds. The number of hydrogen-bond donors (Lipinski definition) is 0. The Hall–Kier alpha value is -4.19. The van der Waals surface area contributed by atoms with Crippen molar-refractivity contribution < 1.29 is 28.6 Å². The minimum absolute atomic E-state index is 0.111. The summed E-state index contributed by atoms with van der Waals surface area (Å²) in [6.07, 6.45) is 95.3. The van der Waals surface area contributed by atoms with Crippen molar-refractivity contribution in [3.8, 4) is 0 Å². The number of esters is 3. The lowest BCUT2D eigenvalue weighted by atomic mass is 10.0. The normalized spacial score (nSPS) is 12.9. The predicted molar refractivity (Wildman–Crippen MR) is 353 cm³/mol. The third-order valence-corrected chi connectivity index (χ3v) is 14.5. The molecule has 81 heavy (non-hydrogen) atoms. The summed E-state index contributed by atoms with van der Waals surface area (Å²) in [5.41, 5.74) is 0. The van der Waals surface area contributed by atoms with E-state index in [4.69, 9.17) is 14.2 Å². The van der Waals surface area contributed by atoms with Gasteiger partial charge in [0.2, 0.25) is 0 Å². The molecular weight excluding hydrogens is 997 g/mol. The minimum Gasteiger partial charge on any atom is -0.462 e. The van der Waals surface area contributed by atoms with Gasteiger partial charge in [-0.15, -0.1) is 0 Å². The van der Waals surface area contributed by atoms with Gasteiger partial charge in [-0.1, -0.05) is 322 Å². The monoisotopic (exact) mass is 1120 g/mol. The van der Waals surface area contributed by atoms with Gasteiger partial charge in [0.05, 0.1) is 0 Å². The Morgan fingerprint density at radius 1 is 0.259 bits per heavy atom. The lowest BCUT2D eigenvalue weighted by Gasteiger charge is -2.18. The van der Waals surface area contributed by atoms with Gasteiger partial charge in [0.15, 0.2) is 6.10 Å². The van der Waals surface area contributed by atoms with Crippen LogP contribution in [0.3, 0.4) is 0 Å². The Labute approximate surface area is 501 Å². The average Bonchev–Trinajstić information content (AvgIpc) is 3.46. The van der Waals surface area contributed by atoms with E-state index in [1.54, 1.807) is 0 Å². The molecule has 0 heterocycles. The number of unbranched alkanes of at least 4 members (excludes halogenated alkanes) is 30. The molecule has 0 radical (unpaired) electrons. The van der Waals surface area contributed by atoms with Crippen molar-refractivity contribution in [1.82, 2.24) is 0 Å². The molecule has 462 valence electrons. The number of carbonyl (C=O) groups excluding carboxylic acids is 3. The van der Waals surface area contributed by atoms with E-state index in [0.717, 1.165) is 116 Å². The van der Waals surface area contributed by atoms with Crippen molar-refractivity contribution in [3.05, 3.63) is 122 Å². The molecule has 0 aromatic carbocycles. The number of allylic oxidation sites excluding steroid dienone is 20. The molecule has 0 rings (SSSR count). The Balaban J connectivity index is 4.35. The summed E-state index contributed by atoms with van der Waals surface area (Å²) in [5.74, 6) is -1.01. The highest BCUT2D eigenvalue weighted by Gasteiger charge is 2.19. The van der Waals surface area contributed by atoms with E-state index in [2.05, 4.69) is 136 Å². The molecule has 0 N–H and O–H groups in total. The molecule has 0 aliphatic heterocycles. The first-order valence-corrected chi connectivity index (χ1v) is 34.0. The topological polar surface area (TPSA) is 78.9 Å². The first-order valence-electron chi connectivity index (χ1n) is 34.0. The maximum Gasteiger partial charge on any atom is 0.306 e. The minimum atomic E-state index is -0.824. The summed E-state index contributed by atoms with van der Waals surface area (Å²) in [6, 6.07) is 0. The van der Waals surface area contributed by atoms with E-state index in [-0.39, 0.29) is 44.0 Å². The fourth-order valence-corrected chi connectivity index (χ4v) is 9.46. The fourth-order valence-electron chi connectivity index (χ4n) is 9.46. The lowest BCUT2D eigenvalue weighted by Crippen LogP contribution is -2.30. The molecule has 0 saturated heterocycles. The Bertz CT molecular complexity index is 1670. The van der Waals surface area contributed by atoms with E-state index >= 15 is 0 Å². The Morgan fingerprint density at radius 2 is 0.506 bits per heavy atom. The van der Waals surface area contributed by atoms with Gasteiger partial charge >= 0.3 is 17.9 Å². The van der Waals surface area contributed by atoms with Crippen LogP contribution in [-0.2, 0) is 28.6 Å². The van der Waals surface area contributed by atoms with Crippen LogP contribution in [0.4, 0.5) is 0 Å². The second-order valence-corrected chi connectivity index (χ2v) is 22.3. The molecule has 0 aromatic heterocycles. The quantitative estimate of drug-likeness (QED) is 0.0261. The molecular formula is C75H126O6. The largest absolute Gasteiger partial charge is 0.462 e. The van der Waals surface area contributed by atoms with E-state index in [0.29, 0.717) is 12.8 Å². The molecule has 0 fully saturated rings. The molecule has 6 heteroatoms. The molecule has 0 saturated carbocycles. The molecule has 0 aliphatic carbocycles. The van der Waals surface area contributed by atoms with Gasteiger partial charge in [-0.05, 0) is 96.3 Å². The van der Waals surface area contributed by atoms with Crippen LogP contribution >= 0.6 is 0 Å². The maximum absolute atomic E-state index is 12.9. The van der Waals surface area contributed by atoms with E-state index in [1.165, 1.54) is 154 Å². The predicted octanol–water partition coefficient (Wildman–Crippen LogP) is 23.6. The highest BCUT2D eigenvalue weighted by Crippen LogP contribution is 2.17. The Morgan fingerprint density at radius 3 is 0.827 bits per heavy atom. The van der Waals surface area contributed by atoms with Crippen molar-refractivity contribution in [2.24, 2.45) is 0 Å². The molecule has 1 unspecified atom stereocenters. The summed E-state index contributed by atoms with van der Waals surface area (Å²) in [5, 5.41) is 0. The number of ether oxygens (including phenoxy) is 3. The summed E-state index contributed by atoms with van der Waals surface area (Å²) >= 11 is 0. The van der Waals surface area contributed by atoms with Crippen LogP contribution in [0.1, 0.15) is 316 Å². The molecule has 0 aliphatic rings. The van der Waals surface area contributed by atoms with Gasteiger partial charge in [0.25, 0.3) is 0 Å². The molecule has 0 spiro atoms. The highest BCUT2D eigenvalue weighted by molar-refractivity contribution is 5.71. The fraction of sp³-hybridized carbons (Fsp3) is 0.693. The van der Waals surface area contributed by atoms with Crippen LogP contribution in [0.5, 0.6) is 0 Å². The first-order chi connectivity index (χ1) is 40.0. The van der Waals surface area contributed by atoms with Gasteiger partial charge < -0.3 is 14.2 Å². The van der Waals surface area contributed by atoms with E-state index < -0.39 is 6.10 Å². The highest BCUT2D eigenvalue weighted by atomic mass is 16.6. The van der Waals surface area contributed by atoms with Gasteiger partial charge in [-0.2, -0.15) is 0 Å². The smallest absolute Gasteiger partial charge is 0.306 e. The zero-order valence-electron chi connectivity index (χ0n) is 53.0. The number of carbonyl (C=O) groups is 3. The molecule has 6 nitrogen and oxygen atoms in total.